The first kappa shape index (κ1) is 58.2. The molecule has 2 aromatic rings. The van der Waals surface area contributed by atoms with Crippen LogP contribution in [0.5, 0.6) is 0 Å². The van der Waals surface area contributed by atoms with Gasteiger partial charge < -0.3 is 29.3 Å². The number of hydrogen-bond donors (Lipinski definition) is 2. The molecule has 0 aliphatic rings. The molecule has 2 aromatic carbocycles. The number of aromatic carboxylic acids is 2. The molecule has 0 aromatic heterocycles. The van der Waals surface area contributed by atoms with Crippen LogP contribution < -0.4 is 69.3 Å². The van der Waals surface area contributed by atoms with Crippen molar-refractivity contribution in [2.45, 2.75) is 152 Å². The molecule has 0 spiro atoms. The van der Waals surface area contributed by atoms with E-state index in [-0.39, 0.29) is 72.3 Å². The van der Waals surface area contributed by atoms with Crippen molar-refractivity contribution < 1.29 is 124 Å². The van der Waals surface area contributed by atoms with Crippen LogP contribution in [0.2, 0.25) is 0 Å². The summed E-state index contributed by atoms with van der Waals surface area (Å²) >= 11 is 0. The average Bonchev–Trinajstić information content (AvgIpc) is 3.14. The van der Waals surface area contributed by atoms with E-state index in [4.69, 9.17) is 18.6 Å². The van der Waals surface area contributed by atoms with Gasteiger partial charge in [0, 0.05) is 11.1 Å². The molecule has 0 bridgehead atoms. The van der Waals surface area contributed by atoms with Gasteiger partial charge in [-0.15, -0.1) is 0 Å². The van der Waals surface area contributed by atoms with Crippen LogP contribution in [0.25, 0.3) is 0 Å². The van der Waals surface area contributed by atoms with Gasteiger partial charge in [0.1, 0.15) is 9.79 Å². The summed E-state index contributed by atoms with van der Waals surface area (Å²) in [6, 6.07) is 6.35. The van der Waals surface area contributed by atoms with Crippen molar-refractivity contribution in [2.75, 3.05) is 13.2 Å². The first-order valence-electron chi connectivity index (χ1n) is 19.6. The van der Waals surface area contributed by atoms with E-state index in [1.54, 1.807) is 0 Å². The normalized spacial score (nSPS) is 11.0. The summed E-state index contributed by atoms with van der Waals surface area (Å²) in [7, 11) is -9.62. The minimum atomic E-state index is -4.81. The number of rotatable bonds is 28. The molecule has 0 radical (unpaired) electrons. The second-order valence-electron chi connectivity index (χ2n) is 13.5. The first-order valence-corrected chi connectivity index (χ1v) is 22.4. The van der Waals surface area contributed by atoms with E-state index in [0.29, 0.717) is 12.8 Å². The Morgan fingerprint density at radius 3 is 0.983 bits per heavy atom. The molecule has 14 nitrogen and oxygen atoms in total. The summed E-state index contributed by atoms with van der Waals surface area (Å²) in [4.78, 5) is 45.0. The van der Waals surface area contributed by atoms with E-state index < -0.39 is 76.2 Å². The van der Waals surface area contributed by atoms with Crippen molar-refractivity contribution >= 4 is 44.1 Å². The summed E-state index contributed by atoms with van der Waals surface area (Å²) in [5, 5.41) is 22.5. The largest absolute Gasteiger partial charge is 1.00 e. The van der Waals surface area contributed by atoms with Gasteiger partial charge in [0.15, 0.2) is 0 Å². The van der Waals surface area contributed by atoms with Crippen LogP contribution in [0.4, 0.5) is 0 Å². The maximum Gasteiger partial charge on any atom is 1.00 e. The third kappa shape index (κ3) is 23.8. The predicted molar refractivity (Wildman–Crippen MR) is 205 cm³/mol. The number of carbonyl (C=O) groups excluding carboxylic acids is 4. The SMILES string of the molecule is CCCCCCCCCCCCOC(=O)c1cccc(S(=O)(=O)O)c1C(=O)[O-].CCCCCCCCCCCCOC(=O)c1cccc(S(=O)(=O)O)c1C(=O)[O-].[Na+].[Na+]. The Kier molecular flexibility index (Phi) is 33.0. The average molecular weight is 873 g/mol. The van der Waals surface area contributed by atoms with E-state index in [1.807, 2.05) is 0 Å². The topological polar surface area (TPSA) is 242 Å². The zero-order valence-corrected chi connectivity index (χ0v) is 40.3. The van der Waals surface area contributed by atoms with Crippen LogP contribution in [0, 0.1) is 0 Å². The van der Waals surface area contributed by atoms with Gasteiger partial charge >= 0.3 is 71.1 Å². The summed E-state index contributed by atoms with van der Waals surface area (Å²) in [5.74, 6) is -5.67. The molecule has 2 rings (SSSR count). The molecule has 58 heavy (non-hydrogen) atoms. The van der Waals surface area contributed by atoms with Crippen LogP contribution in [0.1, 0.15) is 184 Å². The smallest absolute Gasteiger partial charge is 0.545 e. The van der Waals surface area contributed by atoms with Crippen LogP contribution >= 0.6 is 0 Å². The van der Waals surface area contributed by atoms with Crippen LogP contribution in [0.15, 0.2) is 46.2 Å². The molecule has 2 N–H and O–H groups in total. The number of carboxylic acids is 2. The molecule has 0 aliphatic heterocycles. The molecule has 0 fully saturated rings. The number of ether oxygens (including phenoxy) is 2. The molecule has 0 amide bonds. The fourth-order valence-corrected chi connectivity index (χ4v) is 7.32. The monoisotopic (exact) mass is 872 g/mol. The van der Waals surface area contributed by atoms with Crippen LogP contribution in [0.3, 0.4) is 0 Å². The quantitative estimate of drug-likeness (QED) is 0.0520. The van der Waals surface area contributed by atoms with E-state index >= 15 is 0 Å². The molecule has 316 valence electrons. The fraction of sp³-hybridized carbons (Fsp3) is 0.600. The number of esters is 2. The fourth-order valence-electron chi connectivity index (χ4n) is 5.92. The van der Waals surface area contributed by atoms with Gasteiger partial charge in [-0.2, -0.15) is 16.8 Å². The van der Waals surface area contributed by atoms with Gasteiger partial charge in [0.25, 0.3) is 20.2 Å². The maximum absolute atomic E-state index is 12.1. The second kappa shape index (κ2) is 32.9. The molecule has 0 heterocycles. The van der Waals surface area contributed by atoms with Crippen molar-refractivity contribution in [3.63, 3.8) is 0 Å². The molecule has 18 heteroatoms. The van der Waals surface area contributed by atoms with Gasteiger partial charge in [-0.1, -0.05) is 142 Å². The minimum absolute atomic E-state index is 0. The van der Waals surface area contributed by atoms with E-state index in [9.17, 15) is 46.2 Å². The number of carbonyl (C=O) groups is 4. The van der Waals surface area contributed by atoms with Crippen molar-refractivity contribution in [3.05, 3.63) is 58.7 Å². The van der Waals surface area contributed by atoms with Crippen molar-refractivity contribution in [2.24, 2.45) is 0 Å². The maximum atomic E-state index is 12.1. The zero-order valence-electron chi connectivity index (χ0n) is 34.6. The molecule has 0 saturated carbocycles. The third-order valence-electron chi connectivity index (χ3n) is 8.92. The summed E-state index contributed by atoms with van der Waals surface area (Å²) in [6.45, 7) is 4.60. The Hall–Kier alpha value is -1.86. The molecule has 0 unspecified atom stereocenters. The summed E-state index contributed by atoms with van der Waals surface area (Å²) < 4.78 is 73.6. The van der Waals surface area contributed by atoms with Crippen LogP contribution in [-0.2, 0) is 29.7 Å². The number of carboxylic acid groups (broad SMARTS) is 2. The Balaban J connectivity index is 0. The van der Waals surface area contributed by atoms with Crippen molar-refractivity contribution in [3.8, 4) is 0 Å². The second-order valence-corrected chi connectivity index (χ2v) is 16.3. The van der Waals surface area contributed by atoms with E-state index in [0.717, 1.165) is 74.9 Å². The number of hydrogen-bond acceptors (Lipinski definition) is 12. The van der Waals surface area contributed by atoms with Gasteiger partial charge in [0.2, 0.25) is 0 Å². The standard InChI is InChI=1S/2C20H30O7S.2Na/c2*1-2-3-4-5-6-7-8-9-10-11-15-27-20(23)16-13-12-14-17(28(24,25)26)18(16)19(21)22;;/h2*12-14H,2-11,15H2,1H3,(H,21,22)(H,24,25,26);;/q;;2*+1/p-2. The van der Waals surface area contributed by atoms with Gasteiger partial charge in [-0.25, -0.2) is 9.59 Å². The van der Waals surface area contributed by atoms with Crippen molar-refractivity contribution in [1.29, 1.82) is 0 Å². The van der Waals surface area contributed by atoms with Crippen molar-refractivity contribution in [1.82, 2.24) is 0 Å². The Morgan fingerprint density at radius 1 is 0.483 bits per heavy atom. The van der Waals surface area contributed by atoms with E-state index in [1.165, 1.54) is 77.0 Å². The zero-order chi connectivity index (χ0) is 42.0. The summed E-state index contributed by atoms with van der Waals surface area (Å²) in [6.07, 6.45) is 22.4. The van der Waals surface area contributed by atoms with E-state index in [2.05, 4.69) is 13.8 Å². The first-order chi connectivity index (χ1) is 26.6. The molecule has 0 aliphatic carbocycles. The predicted octanol–water partition coefficient (Wildman–Crippen LogP) is 0.757. The molecule has 0 saturated heterocycles. The molecular formula is C40H58Na2O14S2. The Bertz CT molecular complexity index is 1620. The Labute approximate surface area is 388 Å². The summed E-state index contributed by atoms with van der Waals surface area (Å²) in [5.41, 5.74) is -2.69. The minimum Gasteiger partial charge on any atom is -0.545 e. The molecular weight excluding hydrogens is 815 g/mol. The van der Waals surface area contributed by atoms with Crippen LogP contribution in [-0.4, -0.2) is 63.0 Å². The Morgan fingerprint density at radius 2 is 0.741 bits per heavy atom. The third-order valence-corrected chi connectivity index (χ3v) is 10.7. The molecule has 0 atom stereocenters. The van der Waals surface area contributed by atoms with Gasteiger partial charge in [-0.05, 0) is 37.1 Å². The number of benzene rings is 2. The number of unbranched alkanes of at least 4 members (excludes halogenated alkanes) is 18. The van der Waals surface area contributed by atoms with Gasteiger partial charge in [-0.3, -0.25) is 9.11 Å². The van der Waals surface area contributed by atoms with Gasteiger partial charge in [0.05, 0.1) is 36.3 Å².